The van der Waals surface area contributed by atoms with Crippen molar-refractivity contribution >= 4 is 22.7 Å². The van der Waals surface area contributed by atoms with E-state index < -0.39 is 11.6 Å². The Balaban J connectivity index is 1.65. The summed E-state index contributed by atoms with van der Waals surface area (Å²) in [7, 11) is 1.57. The highest BCUT2D eigenvalue weighted by molar-refractivity contribution is 6.17. The van der Waals surface area contributed by atoms with Gasteiger partial charge in [0.15, 0.2) is 11.4 Å². The monoisotopic (exact) mass is 489 g/mol. The number of rotatable bonds is 9. The number of aromatic nitrogens is 1. The maximum atomic E-state index is 14.2. The highest BCUT2D eigenvalue weighted by Gasteiger charge is 2.28. The fourth-order valence-corrected chi connectivity index (χ4v) is 4.08. The van der Waals surface area contributed by atoms with Crippen molar-refractivity contribution in [1.82, 2.24) is 4.57 Å². The number of ketones is 1. The Morgan fingerprint density at radius 3 is 2.22 bits per heavy atom. The number of carbonyl (C=O) groups is 2. The van der Waals surface area contributed by atoms with Crippen LogP contribution in [0.2, 0.25) is 0 Å². The summed E-state index contributed by atoms with van der Waals surface area (Å²) >= 11 is 0. The van der Waals surface area contributed by atoms with Gasteiger partial charge in [0.05, 0.1) is 24.8 Å². The van der Waals surface area contributed by atoms with E-state index in [9.17, 15) is 19.1 Å². The molecular weight excluding hydrogens is 461 g/mol. The molecular formula is C29H28FNO5. The van der Waals surface area contributed by atoms with Crippen molar-refractivity contribution in [2.75, 3.05) is 7.11 Å². The number of fused-ring (bicyclic) bond motifs is 1. The highest BCUT2D eigenvalue weighted by Crippen LogP contribution is 2.30. The summed E-state index contributed by atoms with van der Waals surface area (Å²) in [6.45, 7) is 5.48. The van der Waals surface area contributed by atoms with E-state index in [1.807, 2.05) is 35.8 Å². The Hall–Kier alpha value is -3.97. The molecule has 0 saturated carbocycles. The molecule has 4 rings (SSSR count). The standard InChI is InChI=1S/C29H28FNO5/c1-18-26(27(32)21-9-12-23(35-4)13-10-21)24-14-11-22(30)15-25(24)31(18)16-19-5-7-20(8-6-19)17-36-29(2,3)28(33)34/h5-15H,16-17H2,1-4H3,(H,33,34). The van der Waals surface area contributed by atoms with Crippen molar-refractivity contribution in [3.63, 3.8) is 0 Å². The van der Waals surface area contributed by atoms with Crippen molar-refractivity contribution < 1.29 is 28.6 Å². The molecule has 1 N–H and O–H groups in total. The second-order valence-electron chi connectivity index (χ2n) is 9.19. The SMILES string of the molecule is COc1ccc(C(=O)c2c(C)n(Cc3ccc(COC(C)(C)C(=O)O)cc3)c3cc(F)ccc23)cc1. The van der Waals surface area contributed by atoms with Gasteiger partial charge in [0.2, 0.25) is 0 Å². The van der Waals surface area contributed by atoms with Gasteiger partial charge in [0.25, 0.3) is 0 Å². The smallest absolute Gasteiger partial charge is 0.335 e. The van der Waals surface area contributed by atoms with Crippen LogP contribution in [0.5, 0.6) is 5.75 Å². The van der Waals surface area contributed by atoms with Gasteiger partial charge in [-0.15, -0.1) is 0 Å². The van der Waals surface area contributed by atoms with E-state index in [0.717, 1.165) is 16.8 Å². The zero-order valence-corrected chi connectivity index (χ0v) is 20.7. The van der Waals surface area contributed by atoms with E-state index in [0.29, 0.717) is 34.3 Å². The predicted octanol–water partition coefficient (Wildman–Crippen LogP) is 5.76. The average Bonchev–Trinajstić information content (AvgIpc) is 3.13. The largest absolute Gasteiger partial charge is 0.497 e. The molecule has 0 aliphatic rings. The maximum absolute atomic E-state index is 14.2. The lowest BCUT2D eigenvalue weighted by Crippen LogP contribution is -2.34. The summed E-state index contributed by atoms with van der Waals surface area (Å²) in [4.78, 5) is 24.7. The summed E-state index contributed by atoms with van der Waals surface area (Å²) in [5.41, 5.74) is 2.95. The number of nitrogens with zero attached hydrogens (tertiary/aromatic N) is 1. The quantitative estimate of drug-likeness (QED) is 0.303. The minimum Gasteiger partial charge on any atom is -0.497 e. The second kappa shape index (κ2) is 9.95. The molecule has 0 atom stereocenters. The third kappa shape index (κ3) is 5.02. The summed E-state index contributed by atoms with van der Waals surface area (Å²) < 4.78 is 26.9. The number of aliphatic carboxylic acids is 1. The van der Waals surface area contributed by atoms with E-state index in [-0.39, 0.29) is 18.2 Å². The first-order chi connectivity index (χ1) is 17.1. The Kier molecular flexibility index (Phi) is 6.95. The zero-order chi connectivity index (χ0) is 26.0. The van der Waals surface area contributed by atoms with Gasteiger partial charge in [-0.3, -0.25) is 4.79 Å². The first-order valence-electron chi connectivity index (χ1n) is 11.5. The van der Waals surface area contributed by atoms with E-state index in [1.165, 1.54) is 26.0 Å². The Bertz CT molecular complexity index is 1420. The molecule has 0 unspecified atom stereocenters. The van der Waals surface area contributed by atoms with Crippen LogP contribution in [0, 0.1) is 12.7 Å². The molecule has 1 heterocycles. The molecule has 1 aromatic heterocycles. The molecule has 186 valence electrons. The third-order valence-corrected chi connectivity index (χ3v) is 6.34. The van der Waals surface area contributed by atoms with Crippen LogP contribution in [0.4, 0.5) is 4.39 Å². The highest BCUT2D eigenvalue weighted by atomic mass is 19.1. The third-order valence-electron chi connectivity index (χ3n) is 6.34. The molecule has 0 bridgehead atoms. The molecule has 0 amide bonds. The minimum atomic E-state index is -1.28. The number of carboxylic acid groups (broad SMARTS) is 1. The first-order valence-corrected chi connectivity index (χ1v) is 11.5. The van der Waals surface area contributed by atoms with Crippen molar-refractivity contribution in [3.8, 4) is 5.75 Å². The van der Waals surface area contributed by atoms with Gasteiger partial charge in [-0.2, -0.15) is 0 Å². The minimum absolute atomic E-state index is 0.140. The van der Waals surface area contributed by atoms with Crippen LogP contribution >= 0.6 is 0 Å². The Morgan fingerprint density at radius 2 is 1.61 bits per heavy atom. The second-order valence-corrected chi connectivity index (χ2v) is 9.19. The lowest BCUT2D eigenvalue weighted by molar-refractivity contribution is -0.162. The van der Waals surface area contributed by atoms with Crippen LogP contribution in [0.3, 0.4) is 0 Å². The van der Waals surface area contributed by atoms with Crippen LogP contribution in [0.1, 0.15) is 46.6 Å². The van der Waals surface area contributed by atoms with Gasteiger partial charge < -0.3 is 19.1 Å². The normalized spacial score (nSPS) is 11.6. The molecule has 7 heteroatoms. The average molecular weight is 490 g/mol. The number of benzene rings is 3. The fourth-order valence-electron chi connectivity index (χ4n) is 4.08. The maximum Gasteiger partial charge on any atom is 0.335 e. The first kappa shape index (κ1) is 25.1. The lowest BCUT2D eigenvalue weighted by Gasteiger charge is -2.20. The molecule has 6 nitrogen and oxygen atoms in total. The van der Waals surface area contributed by atoms with Crippen LogP contribution < -0.4 is 4.74 Å². The summed E-state index contributed by atoms with van der Waals surface area (Å²) in [5, 5.41) is 9.90. The van der Waals surface area contributed by atoms with Crippen molar-refractivity contribution in [2.45, 2.75) is 39.5 Å². The lowest BCUT2D eigenvalue weighted by atomic mass is 10.0. The predicted molar refractivity (Wildman–Crippen MR) is 135 cm³/mol. The van der Waals surface area contributed by atoms with E-state index in [1.54, 1.807) is 37.4 Å². The summed E-state index contributed by atoms with van der Waals surface area (Å²) in [6.07, 6.45) is 0. The van der Waals surface area contributed by atoms with Gasteiger partial charge in [-0.25, -0.2) is 9.18 Å². The Morgan fingerprint density at radius 1 is 0.972 bits per heavy atom. The number of carbonyl (C=O) groups excluding carboxylic acids is 1. The van der Waals surface area contributed by atoms with E-state index >= 15 is 0 Å². The number of methoxy groups -OCH3 is 1. The van der Waals surface area contributed by atoms with Gasteiger partial charge >= 0.3 is 5.97 Å². The molecule has 36 heavy (non-hydrogen) atoms. The topological polar surface area (TPSA) is 77.8 Å². The molecule has 0 saturated heterocycles. The molecule has 3 aromatic carbocycles. The molecule has 0 aliphatic carbocycles. The zero-order valence-electron chi connectivity index (χ0n) is 20.7. The van der Waals surface area contributed by atoms with Crippen LogP contribution in [0.15, 0.2) is 66.7 Å². The molecule has 0 aliphatic heterocycles. The summed E-state index contributed by atoms with van der Waals surface area (Å²) in [6, 6.07) is 19.0. The van der Waals surface area contributed by atoms with Crippen molar-refractivity contribution in [1.29, 1.82) is 0 Å². The van der Waals surface area contributed by atoms with Gasteiger partial charge in [-0.05, 0) is 74.4 Å². The summed E-state index contributed by atoms with van der Waals surface area (Å²) in [5.74, 6) is -0.883. The Labute approximate surface area is 208 Å². The van der Waals surface area contributed by atoms with Gasteiger partial charge in [0, 0.05) is 23.2 Å². The molecule has 4 aromatic rings. The molecule has 0 spiro atoms. The number of ether oxygens (including phenoxy) is 2. The molecule has 0 fully saturated rings. The van der Waals surface area contributed by atoms with Crippen LogP contribution in [0.25, 0.3) is 10.9 Å². The van der Waals surface area contributed by atoms with E-state index in [4.69, 9.17) is 9.47 Å². The molecule has 0 radical (unpaired) electrons. The fraction of sp³-hybridized carbons (Fsp3) is 0.241. The number of hydrogen-bond acceptors (Lipinski definition) is 4. The number of carboxylic acids is 1. The number of halogens is 1. The van der Waals surface area contributed by atoms with Crippen molar-refractivity contribution in [2.24, 2.45) is 0 Å². The van der Waals surface area contributed by atoms with Crippen LogP contribution in [-0.2, 0) is 22.7 Å². The van der Waals surface area contributed by atoms with Crippen molar-refractivity contribution in [3.05, 3.63) is 100 Å². The van der Waals surface area contributed by atoms with Gasteiger partial charge in [-0.1, -0.05) is 24.3 Å². The van der Waals surface area contributed by atoms with Crippen LogP contribution in [-0.4, -0.2) is 34.1 Å². The number of hydrogen-bond donors (Lipinski definition) is 1. The van der Waals surface area contributed by atoms with E-state index in [2.05, 4.69) is 0 Å². The van der Waals surface area contributed by atoms with Gasteiger partial charge in [0.1, 0.15) is 11.6 Å².